The summed E-state index contributed by atoms with van der Waals surface area (Å²) in [6.07, 6.45) is 1.49. The van der Waals surface area contributed by atoms with Gasteiger partial charge in [0.15, 0.2) is 0 Å². The summed E-state index contributed by atoms with van der Waals surface area (Å²) in [5.74, 6) is -2.61. The fourth-order valence-corrected chi connectivity index (χ4v) is 3.37. The molecule has 0 fully saturated rings. The highest BCUT2D eigenvalue weighted by atomic mass is 19.1. The van der Waals surface area contributed by atoms with Gasteiger partial charge in [0.1, 0.15) is 5.82 Å². The van der Waals surface area contributed by atoms with Gasteiger partial charge in [0.25, 0.3) is 0 Å². The summed E-state index contributed by atoms with van der Waals surface area (Å²) < 4.78 is 15.7. The van der Waals surface area contributed by atoms with E-state index in [0.29, 0.717) is 0 Å². The highest BCUT2D eigenvalue weighted by Crippen LogP contribution is 2.25. The van der Waals surface area contributed by atoms with Crippen molar-refractivity contribution < 1.29 is 14.0 Å². The number of hydrazone groups is 1. The van der Waals surface area contributed by atoms with Crippen LogP contribution in [0.15, 0.2) is 53.6 Å². The minimum absolute atomic E-state index is 0.0706. The lowest BCUT2D eigenvalue weighted by Crippen LogP contribution is -2.32. The Morgan fingerprint density at radius 2 is 1.63 bits per heavy atom. The van der Waals surface area contributed by atoms with E-state index in [0.717, 1.165) is 33.8 Å². The van der Waals surface area contributed by atoms with Gasteiger partial charge in [0.2, 0.25) is 0 Å². The van der Waals surface area contributed by atoms with Crippen LogP contribution in [0.3, 0.4) is 0 Å². The number of nitrogens with one attached hydrogen (secondary N) is 2. The average Bonchev–Trinajstić information content (AvgIpc) is 2.97. The molecule has 0 unspecified atom stereocenters. The molecule has 3 aromatic rings. The van der Waals surface area contributed by atoms with E-state index in [-0.39, 0.29) is 5.69 Å². The number of halogens is 1. The molecule has 1 aromatic heterocycles. The molecule has 0 aliphatic heterocycles. The molecule has 154 valence electrons. The number of anilines is 1. The van der Waals surface area contributed by atoms with E-state index in [1.165, 1.54) is 24.4 Å². The predicted molar refractivity (Wildman–Crippen MR) is 115 cm³/mol. The number of hydrogen-bond acceptors (Lipinski definition) is 3. The molecule has 0 aliphatic carbocycles. The molecule has 7 heteroatoms. The first-order valence-corrected chi connectivity index (χ1v) is 9.44. The smallest absolute Gasteiger partial charge is 0.317 e. The summed E-state index contributed by atoms with van der Waals surface area (Å²) in [5, 5.41) is 6.10. The summed E-state index contributed by atoms with van der Waals surface area (Å²) in [6, 6.07) is 13.7. The summed E-state index contributed by atoms with van der Waals surface area (Å²) in [4.78, 5) is 23.9. The van der Waals surface area contributed by atoms with Gasteiger partial charge in [-0.15, -0.1) is 0 Å². The molecule has 0 saturated heterocycles. The van der Waals surface area contributed by atoms with E-state index < -0.39 is 17.6 Å². The molecule has 0 spiro atoms. The fraction of sp³-hybridized carbons (Fsp3) is 0.174. The fourth-order valence-electron chi connectivity index (χ4n) is 3.37. The van der Waals surface area contributed by atoms with E-state index in [1.54, 1.807) is 6.07 Å². The van der Waals surface area contributed by atoms with Crippen LogP contribution in [0.4, 0.5) is 10.1 Å². The van der Waals surface area contributed by atoms with Gasteiger partial charge < -0.3 is 9.88 Å². The van der Waals surface area contributed by atoms with E-state index >= 15 is 0 Å². The molecular formula is C23H23FN4O2. The van der Waals surface area contributed by atoms with Crippen molar-refractivity contribution in [3.8, 4) is 5.69 Å². The Kier molecular flexibility index (Phi) is 6.11. The van der Waals surface area contributed by atoms with E-state index in [1.807, 2.05) is 26.0 Å². The van der Waals surface area contributed by atoms with Gasteiger partial charge in [-0.25, -0.2) is 9.82 Å². The first-order valence-electron chi connectivity index (χ1n) is 9.44. The number of aromatic nitrogens is 1. The van der Waals surface area contributed by atoms with Crippen LogP contribution < -0.4 is 10.7 Å². The second kappa shape index (κ2) is 8.73. The predicted octanol–water partition coefficient (Wildman–Crippen LogP) is 3.94. The number of hydrogen-bond donors (Lipinski definition) is 2. The number of nitrogens with zero attached hydrogens (tertiary/aromatic N) is 2. The number of para-hydroxylation sites is 2. The Labute approximate surface area is 174 Å². The first kappa shape index (κ1) is 21.0. The molecule has 2 amide bonds. The highest BCUT2D eigenvalue weighted by molar-refractivity contribution is 6.39. The summed E-state index contributed by atoms with van der Waals surface area (Å²) in [7, 11) is 0. The largest absolute Gasteiger partial charge is 0.329 e. The molecule has 0 radical (unpaired) electrons. The second-order valence-electron chi connectivity index (χ2n) is 7.04. The SMILES string of the molecule is Cc1cccc(C)c1-n1c(C)cc(/C=N\NC(=O)C(=O)Nc2ccccc2F)c1C. The van der Waals surface area contributed by atoms with Crippen LogP contribution in [-0.2, 0) is 9.59 Å². The van der Waals surface area contributed by atoms with Crippen LogP contribution in [-0.4, -0.2) is 22.6 Å². The highest BCUT2D eigenvalue weighted by Gasteiger charge is 2.16. The maximum atomic E-state index is 13.6. The Morgan fingerprint density at radius 3 is 2.30 bits per heavy atom. The van der Waals surface area contributed by atoms with Crippen molar-refractivity contribution in [2.75, 3.05) is 5.32 Å². The van der Waals surface area contributed by atoms with Crippen molar-refractivity contribution in [2.45, 2.75) is 27.7 Å². The molecule has 0 bridgehead atoms. The van der Waals surface area contributed by atoms with Crippen molar-refractivity contribution >= 4 is 23.7 Å². The van der Waals surface area contributed by atoms with Crippen molar-refractivity contribution in [1.29, 1.82) is 0 Å². The lowest BCUT2D eigenvalue weighted by atomic mass is 10.1. The standard InChI is InChI=1S/C23H23FN4O2/c1-14-8-7-9-15(2)21(14)28-16(3)12-18(17(28)4)13-25-27-23(30)22(29)26-20-11-6-5-10-19(20)24/h5-13H,1-4H3,(H,26,29)(H,27,30)/b25-13-. The first-order chi connectivity index (χ1) is 14.3. The summed E-state index contributed by atoms with van der Waals surface area (Å²) in [5.41, 5.74) is 8.31. The van der Waals surface area contributed by atoms with Crippen LogP contribution >= 0.6 is 0 Å². The lowest BCUT2D eigenvalue weighted by Gasteiger charge is -2.15. The van der Waals surface area contributed by atoms with Crippen LogP contribution in [0.5, 0.6) is 0 Å². The third-order valence-electron chi connectivity index (χ3n) is 4.83. The minimum atomic E-state index is -1.00. The summed E-state index contributed by atoms with van der Waals surface area (Å²) >= 11 is 0. The maximum absolute atomic E-state index is 13.6. The number of aryl methyl sites for hydroxylation is 3. The quantitative estimate of drug-likeness (QED) is 0.391. The van der Waals surface area contributed by atoms with Crippen molar-refractivity contribution in [3.63, 3.8) is 0 Å². The second-order valence-corrected chi connectivity index (χ2v) is 7.04. The topological polar surface area (TPSA) is 75.5 Å². The van der Waals surface area contributed by atoms with Crippen molar-refractivity contribution in [3.05, 3.63) is 82.4 Å². The Hall–Kier alpha value is -3.74. The van der Waals surface area contributed by atoms with E-state index in [4.69, 9.17) is 0 Å². The molecule has 0 aliphatic rings. The maximum Gasteiger partial charge on any atom is 0.329 e. The monoisotopic (exact) mass is 406 g/mol. The molecule has 0 atom stereocenters. The van der Waals surface area contributed by atoms with Gasteiger partial charge in [-0.2, -0.15) is 5.10 Å². The van der Waals surface area contributed by atoms with Gasteiger partial charge in [-0.3, -0.25) is 9.59 Å². The van der Waals surface area contributed by atoms with Gasteiger partial charge in [0.05, 0.1) is 17.6 Å². The Bertz CT molecular complexity index is 1130. The Balaban J connectivity index is 1.73. The third-order valence-corrected chi connectivity index (χ3v) is 4.83. The zero-order valence-corrected chi connectivity index (χ0v) is 17.3. The van der Waals surface area contributed by atoms with Gasteiger partial charge in [-0.1, -0.05) is 30.3 Å². The molecular weight excluding hydrogens is 383 g/mol. The molecule has 2 N–H and O–H groups in total. The molecule has 2 aromatic carbocycles. The van der Waals surface area contributed by atoms with E-state index in [2.05, 4.69) is 46.4 Å². The number of rotatable bonds is 4. The normalized spacial score (nSPS) is 11.0. The van der Waals surface area contributed by atoms with Gasteiger partial charge in [-0.05, 0) is 57.0 Å². The molecule has 6 nitrogen and oxygen atoms in total. The van der Waals surface area contributed by atoms with Crippen LogP contribution in [0.2, 0.25) is 0 Å². The number of carbonyl (C=O) groups is 2. The van der Waals surface area contributed by atoms with Crippen LogP contribution in [0, 0.1) is 33.5 Å². The minimum Gasteiger partial charge on any atom is -0.317 e. The molecule has 0 saturated carbocycles. The van der Waals surface area contributed by atoms with Crippen molar-refractivity contribution in [2.24, 2.45) is 5.10 Å². The molecule has 1 heterocycles. The van der Waals surface area contributed by atoms with Crippen molar-refractivity contribution in [1.82, 2.24) is 9.99 Å². The molecule has 30 heavy (non-hydrogen) atoms. The lowest BCUT2D eigenvalue weighted by molar-refractivity contribution is -0.136. The summed E-state index contributed by atoms with van der Waals surface area (Å²) in [6.45, 7) is 8.08. The van der Waals surface area contributed by atoms with Gasteiger partial charge in [0, 0.05) is 17.0 Å². The number of carbonyl (C=O) groups excluding carboxylic acids is 2. The number of amides is 2. The Morgan fingerprint density at radius 1 is 0.967 bits per heavy atom. The van der Waals surface area contributed by atoms with Crippen LogP contribution in [0.25, 0.3) is 5.69 Å². The average molecular weight is 406 g/mol. The molecule has 3 rings (SSSR count). The van der Waals surface area contributed by atoms with Crippen LogP contribution in [0.1, 0.15) is 28.1 Å². The van der Waals surface area contributed by atoms with Gasteiger partial charge >= 0.3 is 11.8 Å². The third kappa shape index (κ3) is 4.30. The zero-order chi connectivity index (χ0) is 21.8. The zero-order valence-electron chi connectivity index (χ0n) is 17.3. The van der Waals surface area contributed by atoms with E-state index in [9.17, 15) is 14.0 Å². The number of benzene rings is 2.